The van der Waals surface area contributed by atoms with E-state index in [0.717, 1.165) is 19.6 Å². The molecule has 2 nitrogen and oxygen atoms in total. The number of benzene rings is 1. The predicted molar refractivity (Wildman–Crippen MR) is 68.6 cm³/mol. The lowest BCUT2D eigenvalue weighted by Crippen LogP contribution is -3.14. The molecular formula is C13H19BrNO+. The van der Waals surface area contributed by atoms with Gasteiger partial charge in [-0.2, -0.15) is 0 Å². The van der Waals surface area contributed by atoms with E-state index in [1.165, 1.54) is 10.0 Å². The Hall–Kier alpha value is -0.380. The monoisotopic (exact) mass is 284 g/mol. The van der Waals surface area contributed by atoms with Gasteiger partial charge in [0.1, 0.15) is 31.8 Å². The van der Waals surface area contributed by atoms with Gasteiger partial charge in [0, 0.05) is 10.0 Å². The molecule has 16 heavy (non-hydrogen) atoms. The van der Waals surface area contributed by atoms with Gasteiger partial charge in [-0.05, 0) is 26.0 Å². The van der Waals surface area contributed by atoms with Gasteiger partial charge in [0.05, 0.1) is 0 Å². The summed E-state index contributed by atoms with van der Waals surface area (Å²) in [4.78, 5) is 1.62. The smallest absolute Gasteiger partial charge is 0.104 e. The lowest BCUT2D eigenvalue weighted by atomic mass is 10.1. The van der Waals surface area contributed by atoms with Gasteiger partial charge in [0.2, 0.25) is 0 Å². The summed E-state index contributed by atoms with van der Waals surface area (Å²) in [6.45, 7) is 7.64. The van der Waals surface area contributed by atoms with Crippen molar-refractivity contribution in [1.82, 2.24) is 0 Å². The Kier molecular flexibility index (Phi) is 4.00. The minimum absolute atomic E-state index is 0.380. The van der Waals surface area contributed by atoms with E-state index in [2.05, 4.69) is 54.0 Å². The average molecular weight is 285 g/mol. The highest BCUT2D eigenvalue weighted by Crippen LogP contribution is 2.11. The summed E-state index contributed by atoms with van der Waals surface area (Å²) in [5, 5.41) is 0. The molecule has 0 bridgehead atoms. The van der Waals surface area contributed by atoms with Crippen molar-refractivity contribution in [2.45, 2.75) is 32.6 Å². The van der Waals surface area contributed by atoms with Crippen LogP contribution in [0.5, 0.6) is 0 Å². The highest BCUT2D eigenvalue weighted by molar-refractivity contribution is 9.10. The van der Waals surface area contributed by atoms with E-state index in [1.807, 2.05) is 0 Å². The highest BCUT2D eigenvalue weighted by atomic mass is 79.9. The van der Waals surface area contributed by atoms with Crippen LogP contribution in [0.3, 0.4) is 0 Å². The van der Waals surface area contributed by atoms with Crippen LogP contribution in [0, 0.1) is 0 Å². The first-order valence-corrected chi connectivity index (χ1v) is 6.66. The largest absolute Gasteiger partial charge is 0.364 e. The van der Waals surface area contributed by atoms with Gasteiger partial charge in [-0.15, -0.1) is 0 Å². The number of quaternary nitrogens is 1. The van der Waals surface area contributed by atoms with E-state index in [-0.39, 0.29) is 0 Å². The minimum atomic E-state index is 0.380. The molecule has 2 rings (SSSR count). The first-order valence-electron chi connectivity index (χ1n) is 5.87. The fourth-order valence-electron chi connectivity index (χ4n) is 2.47. The molecule has 1 fully saturated rings. The van der Waals surface area contributed by atoms with E-state index < -0.39 is 0 Å². The average Bonchev–Trinajstić information content (AvgIpc) is 2.15. The second kappa shape index (κ2) is 5.30. The topological polar surface area (TPSA) is 13.7 Å². The Labute approximate surface area is 106 Å². The van der Waals surface area contributed by atoms with Crippen LogP contribution in [0.4, 0.5) is 0 Å². The molecule has 2 atom stereocenters. The third-order valence-electron chi connectivity index (χ3n) is 2.96. The van der Waals surface area contributed by atoms with Crippen LogP contribution in [0.2, 0.25) is 0 Å². The van der Waals surface area contributed by atoms with Crippen molar-refractivity contribution in [3.63, 3.8) is 0 Å². The first kappa shape index (κ1) is 12.1. The van der Waals surface area contributed by atoms with Crippen LogP contribution in [-0.4, -0.2) is 25.3 Å². The van der Waals surface area contributed by atoms with Gasteiger partial charge >= 0.3 is 0 Å². The summed E-state index contributed by atoms with van der Waals surface area (Å²) in [5.74, 6) is 0. The fourth-order valence-corrected chi connectivity index (χ4v) is 2.92. The molecule has 0 saturated carbocycles. The van der Waals surface area contributed by atoms with Gasteiger partial charge in [0.25, 0.3) is 0 Å². The van der Waals surface area contributed by atoms with Gasteiger partial charge in [0.15, 0.2) is 0 Å². The standard InChI is InChI=1S/C13H18BrNO/c1-10-7-15(8-11(2)16-10)9-12-4-3-5-13(14)6-12/h3-6,10-11H,7-9H2,1-2H3/p+1/t10-,11-/m1/s1. The lowest BCUT2D eigenvalue weighted by molar-refractivity contribution is -0.928. The van der Waals surface area contributed by atoms with E-state index in [9.17, 15) is 0 Å². The molecular weight excluding hydrogens is 266 g/mol. The lowest BCUT2D eigenvalue weighted by Gasteiger charge is -2.32. The van der Waals surface area contributed by atoms with Crippen molar-refractivity contribution in [1.29, 1.82) is 0 Å². The first-order chi connectivity index (χ1) is 7.63. The van der Waals surface area contributed by atoms with Crippen molar-refractivity contribution >= 4 is 15.9 Å². The summed E-state index contributed by atoms with van der Waals surface area (Å²) >= 11 is 3.52. The molecule has 1 heterocycles. The molecule has 0 aromatic heterocycles. The number of halogens is 1. The number of rotatable bonds is 2. The third-order valence-corrected chi connectivity index (χ3v) is 3.45. The molecule has 0 aliphatic carbocycles. The maximum Gasteiger partial charge on any atom is 0.104 e. The number of ether oxygens (including phenoxy) is 1. The quantitative estimate of drug-likeness (QED) is 0.872. The molecule has 1 saturated heterocycles. The van der Waals surface area contributed by atoms with Crippen LogP contribution in [0.15, 0.2) is 28.7 Å². The van der Waals surface area contributed by atoms with Gasteiger partial charge in [-0.3, -0.25) is 0 Å². The molecule has 1 aromatic carbocycles. The molecule has 0 radical (unpaired) electrons. The van der Waals surface area contributed by atoms with Crippen molar-refractivity contribution in [3.8, 4) is 0 Å². The maximum absolute atomic E-state index is 5.75. The maximum atomic E-state index is 5.75. The minimum Gasteiger partial charge on any atom is -0.364 e. The normalized spacial score (nSPS) is 30.3. The van der Waals surface area contributed by atoms with Crippen molar-refractivity contribution in [2.24, 2.45) is 0 Å². The summed E-state index contributed by atoms with van der Waals surface area (Å²) in [6.07, 6.45) is 0.761. The third kappa shape index (κ3) is 3.30. The Morgan fingerprint density at radius 3 is 2.62 bits per heavy atom. The predicted octanol–water partition coefficient (Wildman–Crippen LogP) is 1.64. The molecule has 1 aliphatic rings. The molecule has 1 aromatic rings. The van der Waals surface area contributed by atoms with Crippen LogP contribution in [0.1, 0.15) is 19.4 Å². The number of morpholine rings is 1. The van der Waals surface area contributed by atoms with Crippen LogP contribution >= 0.6 is 15.9 Å². The Morgan fingerprint density at radius 2 is 2.00 bits per heavy atom. The Balaban J connectivity index is 1.98. The van der Waals surface area contributed by atoms with Crippen LogP contribution < -0.4 is 4.90 Å². The van der Waals surface area contributed by atoms with Crippen LogP contribution in [0.25, 0.3) is 0 Å². The zero-order valence-electron chi connectivity index (χ0n) is 9.87. The number of hydrogen-bond donors (Lipinski definition) is 1. The summed E-state index contributed by atoms with van der Waals surface area (Å²) in [7, 11) is 0. The second-order valence-corrected chi connectivity index (χ2v) is 5.64. The van der Waals surface area contributed by atoms with E-state index in [1.54, 1.807) is 4.90 Å². The molecule has 0 unspecified atom stereocenters. The van der Waals surface area contributed by atoms with Crippen LogP contribution in [-0.2, 0) is 11.3 Å². The second-order valence-electron chi connectivity index (χ2n) is 4.72. The number of hydrogen-bond acceptors (Lipinski definition) is 1. The Bertz CT molecular complexity index is 346. The molecule has 0 amide bonds. The summed E-state index contributed by atoms with van der Waals surface area (Å²) < 4.78 is 6.91. The van der Waals surface area contributed by atoms with E-state index in [4.69, 9.17) is 4.74 Å². The molecule has 1 aliphatic heterocycles. The summed E-state index contributed by atoms with van der Waals surface area (Å²) in [5.41, 5.74) is 1.39. The van der Waals surface area contributed by atoms with E-state index >= 15 is 0 Å². The molecule has 3 heteroatoms. The summed E-state index contributed by atoms with van der Waals surface area (Å²) in [6, 6.07) is 8.58. The zero-order valence-corrected chi connectivity index (χ0v) is 11.5. The fraction of sp³-hybridized carbons (Fsp3) is 0.538. The van der Waals surface area contributed by atoms with Gasteiger partial charge in [-0.25, -0.2) is 0 Å². The molecule has 88 valence electrons. The zero-order chi connectivity index (χ0) is 11.5. The number of nitrogens with one attached hydrogen (secondary N) is 1. The van der Waals surface area contributed by atoms with Gasteiger partial charge in [-0.1, -0.05) is 28.1 Å². The Morgan fingerprint density at radius 1 is 1.31 bits per heavy atom. The van der Waals surface area contributed by atoms with E-state index in [0.29, 0.717) is 12.2 Å². The SMILES string of the molecule is C[C@@H]1C[NH+](Cc2cccc(Br)c2)C[C@@H](C)O1. The van der Waals surface area contributed by atoms with Crippen molar-refractivity contribution < 1.29 is 9.64 Å². The molecule has 1 N–H and O–H groups in total. The molecule has 0 spiro atoms. The van der Waals surface area contributed by atoms with Crippen molar-refractivity contribution in [3.05, 3.63) is 34.3 Å². The van der Waals surface area contributed by atoms with Gasteiger partial charge < -0.3 is 9.64 Å². The van der Waals surface area contributed by atoms with Crippen molar-refractivity contribution in [2.75, 3.05) is 13.1 Å². The highest BCUT2D eigenvalue weighted by Gasteiger charge is 2.25.